The number of nitrogens with zero attached hydrogens (tertiary/aromatic N) is 4. The molecule has 2 heterocycles. The fourth-order valence-electron chi connectivity index (χ4n) is 4.13. The standard InChI is InChI=1S/C25H26Br2FN5O3/c1-3-36-20-8-7-18(26)21(23(20)28)25(35)32-11-9-16(10-12-32)24(34)29-13-17-14-33(31-30-17)19-6-4-5-15(2)22(19)27/h4-8,14,16H,3,9-13H2,1-2H3,(H,29,34). The molecule has 1 fully saturated rings. The van der Waals surface area contributed by atoms with E-state index in [0.717, 1.165) is 15.7 Å². The lowest BCUT2D eigenvalue weighted by Crippen LogP contribution is -2.43. The van der Waals surface area contributed by atoms with E-state index < -0.39 is 11.7 Å². The van der Waals surface area contributed by atoms with Crippen molar-refractivity contribution in [1.29, 1.82) is 0 Å². The Balaban J connectivity index is 1.32. The summed E-state index contributed by atoms with van der Waals surface area (Å²) in [6.07, 6.45) is 2.76. The third-order valence-electron chi connectivity index (χ3n) is 6.13. The highest BCUT2D eigenvalue weighted by Gasteiger charge is 2.30. The fourth-order valence-corrected chi connectivity index (χ4v) is 5.05. The molecule has 0 bridgehead atoms. The summed E-state index contributed by atoms with van der Waals surface area (Å²) in [7, 11) is 0. The molecule has 1 aliphatic heterocycles. The molecule has 36 heavy (non-hydrogen) atoms. The minimum absolute atomic E-state index is 0.0463. The molecule has 3 aromatic rings. The maximum absolute atomic E-state index is 14.9. The van der Waals surface area contributed by atoms with Crippen molar-refractivity contribution in [3.8, 4) is 11.4 Å². The molecule has 2 amide bonds. The van der Waals surface area contributed by atoms with Gasteiger partial charge in [0.25, 0.3) is 5.91 Å². The summed E-state index contributed by atoms with van der Waals surface area (Å²) < 4.78 is 23.1. The molecule has 0 radical (unpaired) electrons. The molecule has 0 spiro atoms. The zero-order valence-electron chi connectivity index (χ0n) is 19.9. The van der Waals surface area contributed by atoms with Gasteiger partial charge in [-0.15, -0.1) is 5.10 Å². The van der Waals surface area contributed by atoms with Crippen LogP contribution in [0.1, 0.15) is 41.4 Å². The minimum atomic E-state index is -0.679. The molecule has 0 atom stereocenters. The molecule has 1 aromatic heterocycles. The number of aromatic nitrogens is 3. The molecule has 190 valence electrons. The van der Waals surface area contributed by atoms with Gasteiger partial charge in [-0.1, -0.05) is 17.3 Å². The second-order valence-corrected chi connectivity index (χ2v) is 10.2. The molecule has 0 unspecified atom stereocenters. The molecule has 11 heteroatoms. The lowest BCUT2D eigenvalue weighted by atomic mass is 9.95. The number of halogens is 3. The van der Waals surface area contributed by atoms with Crippen molar-refractivity contribution in [3.63, 3.8) is 0 Å². The molecule has 1 saturated heterocycles. The third kappa shape index (κ3) is 5.62. The quantitative estimate of drug-likeness (QED) is 0.409. The van der Waals surface area contributed by atoms with Gasteiger partial charge in [-0.2, -0.15) is 0 Å². The largest absolute Gasteiger partial charge is 0.491 e. The van der Waals surface area contributed by atoms with Crippen LogP contribution in [-0.2, 0) is 11.3 Å². The Morgan fingerprint density at radius 3 is 2.67 bits per heavy atom. The summed E-state index contributed by atoms with van der Waals surface area (Å²) in [5, 5.41) is 11.2. The average Bonchev–Trinajstić information content (AvgIpc) is 3.35. The number of carbonyl (C=O) groups excluding carboxylic acids is 2. The first kappa shape index (κ1) is 26.3. The van der Waals surface area contributed by atoms with Crippen molar-refractivity contribution in [3.05, 3.63) is 68.1 Å². The minimum Gasteiger partial charge on any atom is -0.491 e. The van der Waals surface area contributed by atoms with E-state index in [4.69, 9.17) is 4.74 Å². The summed E-state index contributed by atoms with van der Waals surface area (Å²) in [5.74, 6) is -1.39. The molecule has 2 aromatic carbocycles. The lowest BCUT2D eigenvalue weighted by molar-refractivity contribution is -0.126. The van der Waals surface area contributed by atoms with Crippen LogP contribution in [0.3, 0.4) is 0 Å². The van der Waals surface area contributed by atoms with Gasteiger partial charge in [0.05, 0.1) is 30.6 Å². The number of piperidine rings is 1. The summed E-state index contributed by atoms with van der Waals surface area (Å²) in [4.78, 5) is 27.4. The monoisotopic (exact) mass is 621 g/mol. The van der Waals surface area contributed by atoms with Gasteiger partial charge in [0, 0.05) is 28.0 Å². The average molecular weight is 623 g/mol. The predicted octanol–water partition coefficient (Wildman–Crippen LogP) is 4.81. The van der Waals surface area contributed by atoms with Gasteiger partial charge in [-0.05, 0) is 82.3 Å². The molecule has 4 rings (SSSR count). The second-order valence-electron chi connectivity index (χ2n) is 8.51. The number of nitrogens with one attached hydrogen (secondary N) is 1. The van der Waals surface area contributed by atoms with Gasteiger partial charge < -0.3 is 15.0 Å². The molecule has 0 saturated carbocycles. The Morgan fingerprint density at radius 2 is 1.94 bits per heavy atom. The molecule has 0 aliphatic carbocycles. The Bertz CT molecular complexity index is 1270. The summed E-state index contributed by atoms with van der Waals surface area (Å²) in [5.41, 5.74) is 2.54. The van der Waals surface area contributed by atoms with Crippen molar-refractivity contribution in [1.82, 2.24) is 25.2 Å². The highest BCUT2D eigenvalue weighted by molar-refractivity contribution is 9.11. The van der Waals surface area contributed by atoms with Gasteiger partial charge in [0.1, 0.15) is 5.69 Å². The van der Waals surface area contributed by atoms with E-state index in [1.54, 1.807) is 28.8 Å². The number of likely N-dealkylation sites (tertiary alicyclic amines) is 1. The van der Waals surface area contributed by atoms with E-state index in [2.05, 4.69) is 47.5 Å². The first-order chi connectivity index (χ1) is 17.3. The van der Waals surface area contributed by atoms with E-state index in [0.29, 0.717) is 42.7 Å². The van der Waals surface area contributed by atoms with Crippen LogP contribution in [0.4, 0.5) is 4.39 Å². The Labute approximate surface area is 225 Å². The van der Waals surface area contributed by atoms with E-state index in [1.807, 2.05) is 25.1 Å². The fraction of sp³-hybridized carbons (Fsp3) is 0.360. The van der Waals surface area contributed by atoms with Crippen molar-refractivity contribution in [2.45, 2.75) is 33.2 Å². The smallest absolute Gasteiger partial charge is 0.258 e. The maximum Gasteiger partial charge on any atom is 0.258 e. The van der Waals surface area contributed by atoms with Crippen LogP contribution >= 0.6 is 31.9 Å². The number of carbonyl (C=O) groups is 2. The van der Waals surface area contributed by atoms with Crippen LogP contribution in [0.2, 0.25) is 0 Å². The van der Waals surface area contributed by atoms with Gasteiger partial charge >= 0.3 is 0 Å². The molecule has 8 nitrogen and oxygen atoms in total. The third-order valence-corrected chi connectivity index (χ3v) is 7.82. The predicted molar refractivity (Wildman–Crippen MR) is 140 cm³/mol. The molecular formula is C25H26Br2FN5O3. The Kier molecular flexibility index (Phi) is 8.40. The zero-order valence-corrected chi connectivity index (χ0v) is 23.1. The molecule has 1 N–H and O–H groups in total. The Morgan fingerprint density at radius 1 is 1.19 bits per heavy atom. The van der Waals surface area contributed by atoms with Crippen molar-refractivity contribution < 1.29 is 18.7 Å². The van der Waals surface area contributed by atoms with Gasteiger partial charge in [0.15, 0.2) is 11.6 Å². The normalized spacial score (nSPS) is 14.1. The number of ether oxygens (including phenoxy) is 1. The Hall–Kier alpha value is -2.79. The number of aryl methyl sites for hydroxylation is 1. The van der Waals surface area contributed by atoms with E-state index in [9.17, 15) is 14.0 Å². The highest BCUT2D eigenvalue weighted by atomic mass is 79.9. The lowest BCUT2D eigenvalue weighted by Gasteiger charge is -2.31. The summed E-state index contributed by atoms with van der Waals surface area (Å²) >= 11 is 6.85. The van der Waals surface area contributed by atoms with Gasteiger partial charge in [0.2, 0.25) is 5.91 Å². The van der Waals surface area contributed by atoms with Crippen molar-refractivity contribution in [2.24, 2.45) is 5.92 Å². The van der Waals surface area contributed by atoms with E-state index >= 15 is 0 Å². The number of benzene rings is 2. The first-order valence-electron chi connectivity index (χ1n) is 11.6. The van der Waals surface area contributed by atoms with Crippen LogP contribution in [0.15, 0.2) is 45.5 Å². The molecular weight excluding hydrogens is 597 g/mol. The van der Waals surface area contributed by atoms with Gasteiger partial charge in [-0.3, -0.25) is 9.59 Å². The number of amides is 2. The first-order valence-corrected chi connectivity index (χ1v) is 13.2. The van der Waals surface area contributed by atoms with Crippen molar-refractivity contribution >= 4 is 43.7 Å². The van der Waals surface area contributed by atoms with Crippen LogP contribution in [-0.4, -0.2) is 51.4 Å². The number of hydrogen-bond donors (Lipinski definition) is 1. The van der Waals surface area contributed by atoms with Crippen LogP contribution < -0.4 is 10.1 Å². The topological polar surface area (TPSA) is 89.4 Å². The maximum atomic E-state index is 14.9. The summed E-state index contributed by atoms with van der Waals surface area (Å²) in [6, 6.07) is 8.97. The zero-order chi connectivity index (χ0) is 25.8. The number of rotatable bonds is 7. The van der Waals surface area contributed by atoms with Crippen molar-refractivity contribution in [2.75, 3.05) is 19.7 Å². The molecule has 1 aliphatic rings. The SMILES string of the molecule is CCOc1ccc(Br)c(C(=O)N2CCC(C(=O)NCc3cn(-c4cccc(C)c4Br)nn3)CC2)c1F. The highest BCUT2D eigenvalue weighted by Crippen LogP contribution is 2.30. The van der Waals surface area contributed by atoms with Crippen LogP contribution in [0.25, 0.3) is 5.69 Å². The van der Waals surface area contributed by atoms with Crippen LogP contribution in [0, 0.1) is 18.7 Å². The number of hydrogen-bond acceptors (Lipinski definition) is 5. The van der Waals surface area contributed by atoms with E-state index in [-0.39, 0.29) is 29.7 Å². The van der Waals surface area contributed by atoms with E-state index in [1.165, 1.54) is 6.07 Å². The van der Waals surface area contributed by atoms with Crippen LogP contribution in [0.5, 0.6) is 5.75 Å². The van der Waals surface area contributed by atoms with Gasteiger partial charge in [-0.25, -0.2) is 9.07 Å². The summed E-state index contributed by atoms with van der Waals surface area (Å²) in [6.45, 7) is 5.02. The second kappa shape index (κ2) is 11.5.